The SMILES string of the molecule is CN1CCN(c2nc(N)c3c(Cc4ncc[nH]4)c(Cl)ncc3n2)CC1. The lowest BCUT2D eigenvalue weighted by atomic mass is 10.1. The van der Waals surface area contributed by atoms with Crippen molar-refractivity contribution < 1.29 is 0 Å². The number of nitrogens with zero attached hydrogens (tertiary/aromatic N) is 6. The minimum atomic E-state index is 0.395. The zero-order chi connectivity index (χ0) is 17.4. The minimum Gasteiger partial charge on any atom is -0.383 e. The Morgan fingerprint density at radius 2 is 2.00 bits per heavy atom. The van der Waals surface area contributed by atoms with Gasteiger partial charge in [-0.05, 0) is 7.05 Å². The summed E-state index contributed by atoms with van der Waals surface area (Å²) in [6.07, 6.45) is 5.62. The van der Waals surface area contributed by atoms with Crippen LogP contribution >= 0.6 is 11.6 Å². The Balaban J connectivity index is 1.76. The van der Waals surface area contributed by atoms with Crippen LogP contribution in [-0.2, 0) is 6.42 Å². The third-order valence-corrected chi connectivity index (χ3v) is 4.82. The Bertz CT molecular complexity index is 887. The summed E-state index contributed by atoms with van der Waals surface area (Å²) >= 11 is 6.32. The molecular weight excluding hydrogens is 340 g/mol. The molecule has 3 aromatic heterocycles. The van der Waals surface area contributed by atoms with Gasteiger partial charge in [0.05, 0.1) is 17.1 Å². The molecule has 4 heterocycles. The number of nitrogens with two attached hydrogens (primary N) is 1. The first-order valence-electron chi connectivity index (χ1n) is 8.14. The molecule has 3 aromatic rings. The number of aromatic amines is 1. The Hall–Kier alpha value is -2.45. The number of piperazine rings is 1. The largest absolute Gasteiger partial charge is 0.383 e. The van der Waals surface area contributed by atoms with Crippen molar-refractivity contribution in [2.75, 3.05) is 43.9 Å². The molecule has 9 heteroatoms. The fourth-order valence-corrected chi connectivity index (χ4v) is 3.27. The lowest BCUT2D eigenvalue weighted by Crippen LogP contribution is -2.45. The topological polar surface area (TPSA) is 99.8 Å². The van der Waals surface area contributed by atoms with Crippen LogP contribution in [0, 0.1) is 0 Å². The standard InChI is InChI=1S/C16H19ClN8/c1-24-4-6-25(7-5-24)16-22-11-9-21-14(17)10(13(11)15(18)23-16)8-12-19-2-3-20-12/h2-3,9H,4-8H2,1H3,(H,19,20)(H2,18,22,23). The van der Waals surface area contributed by atoms with Crippen molar-refractivity contribution in [3.8, 4) is 0 Å². The van der Waals surface area contributed by atoms with E-state index in [0.717, 1.165) is 43.0 Å². The summed E-state index contributed by atoms with van der Waals surface area (Å²) in [6, 6.07) is 0. The summed E-state index contributed by atoms with van der Waals surface area (Å²) < 4.78 is 0. The van der Waals surface area contributed by atoms with Gasteiger partial charge in [-0.1, -0.05) is 11.6 Å². The molecule has 0 bridgehead atoms. The fourth-order valence-electron chi connectivity index (χ4n) is 3.06. The van der Waals surface area contributed by atoms with Gasteiger partial charge in [0.25, 0.3) is 0 Å². The summed E-state index contributed by atoms with van der Waals surface area (Å²) in [5.41, 5.74) is 7.77. The van der Waals surface area contributed by atoms with E-state index in [0.29, 0.717) is 28.9 Å². The van der Waals surface area contributed by atoms with Crippen molar-refractivity contribution >= 4 is 34.3 Å². The lowest BCUT2D eigenvalue weighted by molar-refractivity contribution is 0.311. The molecule has 0 unspecified atom stereocenters. The summed E-state index contributed by atoms with van der Waals surface area (Å²) in [6.45, 7) is 3.71. The predicted molar refractivity (Wildman–Crippen MR) is 97.9 cm³/mol. The van der Waals surface area contributed by atoms with Gasteiger partial charge in [0.2, 0.25) is 5.95 Å². The quantitative estimate of drug-likeness (QED) is 0.681. The molecule has 1 aliphatic heterocycles. The van der Waals surface area contributed by atoms with Crippen LogP contribution in [0.25, 0.3) is 10.9 Å². The molecule has 3 N–H and O–H groups in total. The molecule has 0 radical (unpaired) electrons. The van der Waals surface area contributed by atoms with Gasteiger partial charge in [-0.25, -0.2) is 15.0 Å². The number of nitrogen functional groups attached to an aromatic ring is 1. The average Bonchev–Trinajstić information content (AvgIpc) is 3.11. The maximum absolute atomic E-state index is 6.32. The van der Waals surface area contributed by atoms with Crippen molar-refractivity contribution in [3.05, 3.63) is 35.1 Å². The summed E-state index contributed by atoms with van der Waals surface area (Å²) in [7, 11) is 2.11. The maximum atomic E-state index is 6.32. The molecule has 0 amide bonds. The van der Waals surface area contributed by atoms with Crippen LogP contribution in [-0.4, -0.2) is 63.0 Å². The first kappa shape index (κ1) is 16.0. The highest BCUT2D eigenvalue weighted by Crippen LogP contribution is 2.30. The number of anilines is 2. The van der Waals surface area contributed by atoms with Crippen LogP contribution in [0.4, 0.5) is 11.8 Å². The van der Waals surface area contributed by atoms with Crippen molar-refractivity contribution in [2.24, 2.45) is 0 Å². The van der Waals surface area contributed by atoms with E-state index < -0.39 is 0 Å². The van der Waals surface area contributed by atoms with Crippen LogP contribution in [0.2, 0.25) is 5.15 Å². The summed E-state index contributed by atoms with van der Waals surface area (Å²) in [5.74, 6) is 1.86. The van der Waals surface area contributed by atoms with Crippen LogP contribution in [0.3, 0.4) is 0 Å². The van der Waals surface area contributed by atoms with Gasteiger partial charge in [0.1, 0.15) is 16.8 Å². The summed E-state index contributed by atoms with van der Waals surface area (Å²) in [5, 5.41) is 1.14. The zero-order valence-electron chi connectivity index (χ0n) is 13.9. The van der Waals surface area contributed by atoms with Crippen LogP contribution in [0.5, 0.6) is 0 Å². The Morgan fingerprint density at radius 1 is 1.20 bits per heavy atom. The number of halogens is 1. The highest BCUT2D eigenvalue weighted by Gasteiger charge is 2.20. The number of likely N-dealkylation sites (N-methyl/N-ethyl adjacent to an activating group) is 1. The van der Waals surface area contributed by atoms with Gasteiger partial charge in [-0.3, -0.25) is 0 Å². The average molecular weight is 359 g/mol. The number of hydrogen-bond donors (Lipinski definition) is 2. The van der Waals surface area contributed by atoms with Crippen molar-refractivity contribution in [3.63, 3.8) is 0 Å². The van der Waals surface area contributed by atoms with E-state index in [4.69, 9.17) is 17.3 Å². The number of nitrogens with one attached hydrogen (secondary N) is 1. The van der Waals surface area contributed by atoms with E-state index in [1.807, 2.05) is 0 Å². The van der Waals surface area contributed by atoms with Gasteiger partial charge < -0.3 is 20.5 Å². The van der Waals surface area contributed by atoms with Crippen molar-refractivity contribution in [2.45, 2.75) is 6.42 Å². The van der Waals surface area contributed by atoms with E-state index in [-0.39, 0.29) is 0 Å². The minimum absolute atomic E-state index is 0.395. The predicted octanol–water partition coefficient (Wildman–Crippen LogP) is 1.33. The Morgan fingerprint density at radius 3 is 2.72 bits per heavy atom. The molecule has 0 spiro atoms. The molecule has 0 aromatic carbocycles. The number of H-pyrrole nitrogens is 1. The highest BCUT2D eigenvalue weighted by atomic mass is 35.5. The van der Waals surface area contributed by atoms with Gasteiger partial charge in [-0.15, -0.1) is 0 Å². The molecule has 1 fully saturated rings. The second kappa shape index (κ2) is 6.45. The second-order valence-electron chi connectivity index (χ2n) is 6.20. The van der Waals surface area contributed by atoms with E-state index in [2.05, 4.69) is 41.8 Å². The smallest absolute Gasteiger partial charge is 0.228 e. The second-order valence-corrected chi connectivity index (χ2v) is 6.56. The molecule has 0 saturated carbocycles. The number of pyridine rings is 1. The third kappa shape index (κ3) is 3.10. The summed E-state index contributed by atoms with van der Waals surface area (Å²) in [4.78, 5) is 25.3. The molecule has 8 nitrogen and oxygen atoms in total. The van der Waals surface area contributed by atoms with Crippen molar-refractivity contribution in [1.29, 1.82) is 0 Å². The van der Waals surface area contributed by atoms with Gasteiger partial charge in [-0.2, -0.15) is 4.98 Å². The monoisotopic (exact) mass is 358 g/mol. The lowest BCUT2D eigenvalue weighted by Gasteiger charge is -2.32. The number of hydrogen-bond acceptors (Lipinski definition) is 7. The molecule has 0 aliphatic carbocycles. The maximum Gasteiger partial charge on any atom is 0.228 e. The van der Waals surface area contributed by atoms with Gasteiger partial charge >= 0.3 is 0 Å². The molecule has 0 atom stereocenters. The van der Waals surface area contributed by atoms with Crippen LogP contribution < -0.4 is 10.6 Å². The normalized spacial score (nSPS) is 15.8. The highest BCUT2D eigenvalue weighted by molar-refractivity contribution is 6.31. The van der Waals surface area contributed by atoms with E-state index in [1.54, 1.807) is 18.6 Å². The van der Waals surface area contributed by atoms with E-state index >= 15 is 0 Å². The van der Waals surface area contributed by atoms with Crippen LogP contribution in [0.15, 0.2) is 18.6 Å². The van der Waals surface area contributed by atoms with Gasteiger partial charge in [0, 0.05) is 50.6 Å². The number of aromatic nitrogens is 5. The first-order valence-corrected chi connectivity index (χ1v) is 8.52. The third-order valence-electron chi connectivity index (χ3n) is 4.49. The number of imidazole rings is 1. The van der Waals surface area contributed by atoms with Gasteiger partial charge in [0.15, 0.2) is 0 Å². The van der Waals surface area contributed by atoms with Crippen LogP contribution in [0.1, 0.15) is 11.4 Å². The molecular formula is C16H19ClN8. The van der Waals surface area contributed by atoms with E-state index in [1.165, 1.54) is 0 Å². The molecule has 25 heavy (non-hydrogen) atoms. The van der Waals surface area contributed by atoms with E-state index in [9.17, 15) is 0 Å². The molecule has 4 rings (SSSR count). The fraction of sp³-hybridized carbons (Fsp3) is 0.375. The Kier molecular flexibility index (Phi) is 4.14. The number of rotatable bonds is 3. The first-order chi connectivity index (χ1) is 12.1. The molecule has 1 aliphatic rings. The van der Waals surface area contributed by atoms with Crippen molar-refractivity contribution in [1.82, 2.24) is 29.8 Å². The number of fused-ring (bicyclic) bond motifs is 1. The zero-order valence-corrected chi connectivity index (χ0v) is 14.7. The Labute approximate surface area is 150 Å². The molecule has 1 saturated heterocycles. The molecule has 130 valence electrons.